The van der Waals surface area contributed by atoms with Crippen molar-refractivity contribution < 1.29 is 0 Å². The van der Waals surface area contributed by atoms with Crippen molar-refractivity contribution >= 4 is 39.7 Å². The molecular weight excluding hydrogens is 749 g/mol. The van der Waals surface area contributed by atoms with Gasteiger partial charge in [-0.15, -0.1) is 0 Å². The van der Waals surface area contributed by atoms with Gasteiger partial charge in [-0.1, -0.05) is 170 Å². The molecule has 0 heterocycles. The quantitative estimate of drug-likeness (QED) is 0.129. The van der Waals surface area contributed by atoms with E-state index >= 15 is 0 Å². The Balaban J connectivity index is 1.20. The van der Waals surface area contributed by atoms with Crippen LogP contribution in [0.5, 0.6) is 0 Å². The smallest absolute Gasteiger partial charge is 0.0488 e. The number of para-hydroxylation sites is 2. The van der Waals surface area contributed by atoms with E-state index in [4.69, 9.17) is 0 Å². The van der Waals surface area contributed by atoms with Crippen molar-refractivity contribution in [3.63, 3.8) is 0 Å². The third-order valence-corrected chi connectivity index (χ3v) is 11.6. The number of nitrogens with zero attached hydrogens (tertiary/aromatic N) is 2. The predicted molar refractivity (Wildman–Crippen MR) is 264 cm³/mol. The predicted octanol–water partition coefficient (Wildman–Crippen LogP) is 17.0. The average molecular weight is 795 g/mol. The lowest BCUT2D eigenvalue weighted by Gasteiger charge is -2.30. The monoisotopic (exact) mass is 794 g/mol. The maximum Gasteiger partial charge on any atom is 0.0488 e. The average Bonchev–Trinajstić information content (AvgIpc) is 3.36. The molecule has 0 aliphatic heterocycles. The van der Waals surface area contributed by atoms with Gasteiger partial charge in [0.05, 0.1) is 0 Å². The highest BCUT2D eigenvalue weighted by Gasteiger charge is 2.21. The van der Waals surface area contributed by atoms with E-state index in [0.29, 0.717) is 0 Å². The third-order valence-electron chi connectivity index (χ3n) is 11.6. The number of anilines is 6. The number of hydrogen-bond donors (Lipinski definition) is 0. The molecule has 0 saturated carbocycles. The molecule has 0 amide bonds. The Labute approximate surface area is 365 Å². The number of allylic oxidation sites excluding steroid dienone is 4. The van der Waals surface area contributed by atoms with Crippen LogP contribution in [0.3, 0.4) is 0 Å². The molecule has 0 aromatic heterocycles. The Morgan fingerprint density at radius 1 is 0.242 bits per heavy atom. The van der Waals surface area contributed by atoms with Crippen molar-refractivity contribution in [3.8, 4) is 44.5 Å². The van der Waals surface area contributed by atoms with Gasteiger partial charge in [0.25, 0.3) is 0 Å². The molecule has 1 aliphatic carbocycles. The van der Waals surface area contributed by atoms with Crippen LogP contribution in [0.2, 0.25) is 0 Å². The Bertz CT molecular complexity index is 2810. The number of hydrogen-bond acceptors (Lipinski definition) is 2. The Morgan fingerprint density at radius 2 is 0.581 bits per heavy atom. The Hall–Kier alpha value is -7.94. The molecule has 0 spiro atoms. The molecule has 2 nitrogen and oxygen atoms in total. The van der Waals surface area contributed by atoms with Crippen LogP contribution in [-0.2, 0) is 0 Å². The van der Waals surface area contributed by atoms with Crippen molar-refractivity contribution in [1.82, 2.24) is 0 Å². The normalized spacial score (nSPS) is 12.1. The van der Waals surface area contributed by atoms with Crippen LogP contribution in [-0.4, -0.2) is 0 Å². The lowest BCUT2D eigenvalue weighted by molar-refractivity contribution is 1.04. The van der Waals surface area contributed by atoms with Crippen LogP contribution in [0.4, 0.5) is 34.1 Å². The summed E-state index contributed by atoms with van der Waals surface area (Å²) in [6, 6.07) is 85.5. The summed E-state index contributed by atoms with van der Waals surface area (Å²) in [5.41, 5.74) is 18.3. The summed E-state index contributed by atoms with van der Waals surface area (Å²) in [5.74, 6) is 0. The highest BCUT2D eigenvalue weighted by molar-refractivity contribution is 5.90. The van der Waals surface area contributed by atoms with Gasteiger partial charge < -0.3 is 9.80 Å². The molecule has 0 atom stereocenters. The van der Waals surface area contributed by atoms with Gasteiger partial charge in [0.2, 0.25) is 0 Å². The first-order chi connectivity index (χ1) is 30.7. The van der Waals surface area contributed by atoms with Crippen molar-refractivity contribution in [2.24, 2.45) is 0 Å². The summed E-state index contributed by atoms with van der Waals surface area (Å²) in [6.45, 7) is 0. The van der Waals surface area contributed by atoms with Crippen LogP contribution < -0.4 is 9.80 Å². The minimum atomic E-state index is 1.04. The van der Waals surface area contributed by atoms with Gasteiger partial charge >= 0.3 is 0 Å². The zero-order chi connectivity index (χ0) is 41.5. The fourth-order valence-electron chi connectivity index (χ4n) is 8.52. The van der Waals surface area contributed by atoms with Gasteiger partial charge in [-0.3, -0.25) is 0 Å². The molecule has 0 radical (unpaired) electrons. The van der Waals surface area contributed by atoms with Crippen LogP contribution in [0.1, 0.15) is 18.4 Å². The third kappa shape index (κ3) is 8.28. The fraction of sp³-hybridized carbons (Fsp3) is 0.0333. The molecule has 1 aliphatic rings. The fourth-order valence-corrected chi connectivity index (χ4v) is 8.52. The molecule has 0 fully saturated rings. The van der Waals surface area contributed by atoms with Gasteiger partial charge in [0.15, 0.2) is 0 Å². The minimum absolute atomic E-state index is 1.04. The SMILES string of the molecule is C1=CC(c2cc(-c3ccccc3)cc(-c3cc(N(c4ccccc4)c4ccc(-c5ccccc5)cc4)cc(N(c4ccccc4)c4ccc(-c5ccccc5)cc4)c3)c2)=CCC1. The number of rotatable bonds is 11. The molecular formula is C60H46N2. The van der Waals surface area contributed by atoms with Crippen LogP contribution >= 0.6 is 0 Å². The van der Waals surface area contributed by atoms with Gasteiger partial charge in [-0.05, 0) is 153 Å². The molecule has 62 heavy (non-hydrogen) atoms. The van der Waals surface area contributed by atoms with Crippen LogP contribution in [0, 0.1) is 0 Å². The summed E-state index contributed by atoms with van der Waals surface area (Å²) in [7, 11) is 0. The van der Waals surface area contributed by atoms with Gasteiger partial charge in [-0.2, -0.15) is 0 Å². The zero-order valence-electron chi connectivity index (χ0n) is 34.6. The summed E-state index contributed by atoms with van der Waals surface area (Å²) >= 11 is 0. The van der Waals surface area contributed by atoms with E-state index in [9.17, 15) is 0 Å². The lowest BCUT2D eigenvalue weighted by atomic mass is 9.91. The Kier molecular flexibility index (Phi) is 10.9. The van der Waals surface area contributed by atoms with Crippen LogP contribution in [0.25, 0.3) is 50.1 Å². The molecule has 0 saturated heterocycles. The molecule has 0 N–H and O–H groups in total. The standard InChI is InChI=1S/C60H46N2/c1-7-19-45(20-8-1)49-31-35-57(36-32-49)61(55-27-15-5-16-28-55)59-42-54(53-40-51(47-23-11-3-12-24-47)39-52(41-53)48-25-13-4-14-26-48)43-60(44-59)62(56-29-17-6-18-30-56)58-37-33-50(34-38-58)46-21-9-2-10-22-46/h1-3,5-13,15-44H,4,14H2. The topological polar surface area (TPSA) is 6.48 Å². The van der Waals surface area contributed by atoms with E-state index in [-0.39, 0.29) is 0 Å². The molecule has 0 unspecified atom stereocenters. The van der Waals surface area contributed by atoms with Crippen molar-refractivity contribution in [2.45, 2.75) is 12.8 Å². The van der Waals surface area contributed by atoms with Gasteiger partial charge in [0, 0.05) is 34.1 Å². The first-order valence-corrected chi connectivity index (χ1v) is 21.5. The summed E-state index contributed by atoms with van der Waals surface area (Å²) in [5, 5.41) is 0. The highest BCUT2D eigenvalue weighted by Crippen LogP contribution is 2.45. The minimum Gasteiger partial charge on any atom is -0.310 e. The van der Waals surface area contributed by atoms with Gasteiger partial charge in [-0.25, -0.2) is 0 Å². The summed E-state index contributed by atoms with van der Waals surface area (Å²) in [6.07, 6.45) is 9.07. The summed E-state index contributed by atoms with van der Waals surface area (Å²) in [4.78, 5) is 4.77. The van der Waals surface area contributed by atoms with E-state index in [0.717, 1.165) is 58.1 Å². The van der Waals surface area contributed by atoms with Crippen molar-refractivity contribution in [1.29, 1.82) is 0 Å². The second-order valence-corrected chi connectivity index (χ2v) is 15.7. The highest BCUT2D eigenvalue weighted by atomic mass is 15.2. The maximum atomic E-state index is 2.39. The van der Waals surface area contributed by atoms with E-state index in [1.54, 1.807) is 0 Å². The first-order valence-electron chi connectivity index (χ1n) is 21.5. The van der Waals surface area contributed by atoms with Crippen LogP contribution in [0.15, 0.2) is 255 Å². The largest absolute Gasteiger partial charge is 0.310 e. The number of benzene rings is 9. The van der Waals surface area contributed by atoms with E-state index in [1.165, 1.54) is 44.5 Å². The summed E-state index contributed by atoms with van der Waals surface area (Å²) < 4.78 is 0. The second-order valence-electron chi connectivity index (χ2n) is 15.7. The second kappa shape index (κ2) is 17.7. The molecule has 9 aromatic carbocycles. The van der Waals surface area contributed by atoms with Gasteiger partial charge in [0.1, 0.15) is 0 Å². The molecule has 9 aromatic rings. The molecule has 296 valence electrons. The lowest BCUT2D eigenvalue weighted by Crippen LogP contribution is -2.13. The molecule has 2 heteroatoms. The van der Waals surface area contributed by atoms with E-state index < -0.39 is 0 Å². The molecule has 0 bridgehead atoms. The van der Waals surface area contributed by atoms with Crippen molar-refractivity contribution in [3.05, 3.63) is 260 Å². The molecule has 10 rings (SSSR count). The van der Waals surface area contributed by atoms with E-state index in [1.807, 2.05) is 0 Å². The Morgan fingerprint density at radius 3 is 1.00 bits per heavy atom. The van der Waals surface area contributed by atoms with Crippen molar-refractivity contribution in [2.75, 3.05) is 9.80 Å². The first kappa shape index (κ1) is 38.3. The zero-order valence-corrected chi connectivity index (χ0v) is 34.6. The maximum absolute atomic E-state index is 2.39. The van der Waals surface area contributed by atoms with E-state index in [2.05, 4.69) is 265 Å².